The minimum atomic E-state index is -1.92. The zero-order chi connectivity index (χ0) is 30.1. The largest absolute Gasteiger partial charge is 0.390 e. The molecule has 1 aromatic carbocycles. The van der Waals surface area contributed by atoms with Crippen molar-refractivity contribution in [3.05, 3.63) is 58.4 Å². The number of hydrogen-bond donors (Lipinski definition) is 3. The lowest BCUT2D eigenvalue weighted by atomic mass is 9.94. The number of alkyl halides is 1. The molecule has 2 unspecified atom stereocenters. The molecule has 3 rings (SSSR count). The van der Waals surface area contributed by atoms with Gasteiger partial charge in [-0.05, 0) is 87.1 Å². The van der Waals surface area contributed by atoms with Crippen LogP contribution in [0.1, 0.15) is 72.2 Å². The van der Waals surface area contributed by atoms with Gasteiger partial charge in [-0.2, -0.15) is 0 Å². The number of aliphatic hydroxyl groups excluding tert-OH is 2. The van der Waals surface area contributed by atoms with Gasteiger partial charge >= 0.3 is 0 Å². The van der Waals surface area contributed by atoms with E-state index in [9.17, 15) is 28.6 Å². The summed E-state index contributed by atoms with van der Waals surface area (Å²) in [6.45, 7) is 8.55. The molecule has 1 aliphatic heterocycles. The molecule has 5 atom stereocenters. The predicted molar refractivity (Wildman–Crippen MR) is 154 cm³/mol. The normalized spacial score (nSPS) is 22.6. The molecule has 0 radical (unpaired) electrons. The first kappa shape index (κ1) is 32.8. The summed E-state index contributed by atoms with van der Waals surface area (Å²) in [5.41, 5.74) is 1.63. The highest BCUT2D eigenvalue weighted by Crippen LogP contribution is 2.26. The number of rotatable bonds is 14. The van der Waals surface area contributed by atoms with Gasteiger partial charge in [0.25, 0.3) is 11.8 Å². The topological polar surface area (TPSA) is 102 Å². The van der Waals surface area contributed by atoms with Crippen molar-refractivity contribution in [2.75, 3.05) is 39.9 Å². The maximum absolute atomic E-state index is 14.2. The van der Waals surface area contributed by atoms with Crippen LogP contribution >= 0.6 is 0 Å². The summed E-state index contributed by atoms with van der Waals surface area (Å²) in [6.07, 6.45) is 0.772. The molecule has 1 fully saturated rings. The Hall–Kier alpha value is -2.66. The highest BCUT2D eigenvalue weighted by Gasteiger charge is 2.32. The number of hydrogen-bond acceptors (Lipinski definition) is 6. The Balaban J connectivity index is 1.85. The molecule has 8 nitrogen and oxygen atoms in total. The molecule has 0 spiro atoms. The number of likely N-dealkylation sites (tertiary alicyclic amines) is 1. The average Bonchev–Trinajstić information content (AvgIpc) is 3.36. The number of amides is 2. The summed E-state index contributed by atoms with van der Waals surface area (Å²) in [5.74, 6) is -1.65. The summed E-state index contributed by atoms with van der Waals surface area (Å²) in [7, 11) is 1.62. The van der Waals surface area contributed by atoms with Crippen LogP contribution in [0.25, 0.3) is 0 Å². The molecule has 0 saturated carbocycles. The van der Waals surface area contributed by atoms with Crippen molar-refractivity contribution in [3.8, 4) is 0 Å². The first-order valence-corrected chi connectivity index (χ1v) is 14.6. The number of benzene rings is 1. The number of allylic oxidation sites excluding steroid dienone is 1. The average molecular weight is 578 g/mol. The van der Waals surface area contributed by atoms with Crippen LogP contribution in [0.5, 0.6) is 0 Å². The molecular weight excluding hydrogens is 532 g/mol. The molecule has 1 aliphatic carbocycles. The second-order valence-electron chi connectivity index (χ2n) is 11.1. The van der Waals surface area contributed by atoms with E-state index < -0.39 is 36.2 Å². The minimum Gasteiger partial charge on any atom is -0.390 e. The van der Waals surface area contributed by atoms with Gasteiger partial charge in [-0.3, -0.25) is 14.5 Å². The monoisotopic (exact) mass is 577 g/mol. The Morgan fingerprint density at radius 2 is 1.88 bits per heavy atom. The van der Waals surface area contributed by atoms with E-state index in [1.807, 2.05) is 13.8 Å². The highest BCUT2D eigenvalue weighted by molar-refractivity contribution is 6.00. The van der Waals surface area contributed by atoms with Crippen molar-refractivity contribution in [2.45, 2.75) is 83.3 Å². The fraction of sp³-hybridized carbons (Fsp3) is 0.613. The van der Waals surface area contributed by atoms with Crippen LogP contribution in [0.2, 0.25) is 0 Å². The van der Waals surface area contributed by atoms with Gasteiger partial charge in [0, 0.05) is 43.9 Å². The number of aliphatic hydroxyl groups is 2. The number of halogens is 2. The number of nitrogens with one attached hydrogen (secondary N) is 1. The quantitative estimate of drug-likeness (QED) is 0.312. The Kier molecular flexibility index (Phi) is 12.4. The van der Waals surface area contributed by atoms with Gasteiger partial charge in [-0.1, -0.05) is 13.8 Å². The van der Waals surface area contributed by atoms with Crippen LogP contribution in [-0.4, -0.2) is 102 Å². The molecule has 1 heterocycles. The van der Waals surface area contributed by atoms with E-state index in [2.05, 4.69) is 10.2 Å². The third-order valence-corrected chi connectivity index (χ3v) is 7.66. The van der Waals surface area contributed by atoms with Crippen molar-refractivity contribution in [2.24, 2.45) is 0 Å². The molecule has 0 aromatic heterocycles. The molecule has 2 amide bonds. The first-order chi connectivity index (χ1) is 19.6. The van der Waals surface area contributed by atoms with Gasteiger partial charge in [-0.15, -0.1) is 0 Å². The first-order valence-electron chi connectivity index (χ1n) is 14.6. The zero-order valence-electron chi connectivity index (χ0n) is 24.6. The van der Waals surface area contributed by atoms with Gasteiger partial charge in [0.05, 0.1) is 18.8 Å². The number of aryl methyl sites for hydroxylation is 1. The molecule has 1 saturated heterocycles. The van der Waals surface area contributed by atoms with E-state index in [1.165, 1.54) is 0 Å². The molecule has 41 heavy (non-hydrogen) atoms. The third kappa shape index (κ3) is 8.91. The summed E-state index contributed by atoms with van der Waals surface area (Å²) < 4.78 is 33.7. The third-order valence-electron chi connectivity index (χ3n) is 7.66. The standard InChI is InChI=1S/C31H45F2N3O5/c1-5-9-35(10-6-2)31(40)23-13-20(3)12-22(17-23)30(39)34-27(16-21-14-25(32)29(38)26(33)15-21)28(37)18-36-11-7-8-24(36)19-41-4/h12-15,17,24-25,27-29,37-38H,5-11,16,18-19H2,1-4H3,(H,34,39)/t24-,25?,27-,28-,29?/m0/s1. The number of carbonyl (C=O) groups is 2. The molecule has 1 aromatic rings. The number of carbonyl (C=O) groups excluding carboxylic acids is 2. The van der Waals surface area contributed by atoms with Crippen LogP contribution in [-0.2, 0) is 4.74 Å². The molecule has 228 valence electrons. The lowest BCUT2D eigenvalue weighted by Crippen LogP contribution is -2.50. The molecule has 3 N–H and O–H groups in total. The van der Waals surface area contributed by atoms with Crippen LogP contribution in [0.3, 0.4) is 0 Å². The maximum atomic E-state index is 14.2. The van der Waals surface area contributed by atoms with Gasteiger partial charge in [0.1, 0.15) is 11.9 Å². The van der Waals surface area contributed by atoms with Crippen molar-refractivity contribution in [1.82, 2.24) is 15.1 Å². The number of β-amino-alcohol motifs (C(OH)–C–C–N with tert-alkyl or cyclic N) is 1. The van der Waals surface area contributed by atoms with Gasteiger partial charge < -0.3 is 25.2 Å². The number of methoxy groups -OCH3 is 1. The van der Waals surface area contributed by atoms with Crippen LogP contribution in [0, 0.1) is 6.92 Å². The fourth-order valence-electron chi connectivity index (χ4n) is 5.63. The van der Waals surface area contributed by atoms with E-state index >= 15 is 0 Å². The van der Waals surface area contributed by atoms with Crippen molar-refractivity contribution >= 4 is 11.8 Å². The van der Waals surface area contributed by atoms with E-state index in [1.54, 1.807) is 37.1 Å². The van der Waals surface area contributed by atoms with Crippen LogP contribution < -0.4 is 5.32 Å². The Morgan fingerprint density at radius 1 is 1.20 bits per heavy atom. The summed E-state index contributed by atoms with van der Waals surface area (Å²) in [6, 6.07) is 4.21. The summed E-state index contributed by atoms with van der Waals surface area (Å²) >= 11 is 0. The smallest absolute Gasteiger partial charge is 0.253 e. The van der Waals surface area contributed by atoms with E-state index in [0.717, 1.165) is 49.9 Å². The van der Waals surface area contributed by atoms with E-state index in [4.69, 9.17) is 4.74 Å². The van der Waals surface area contributed by atoms with Crippen molar-refractivity contribution in [1.29, 1.82) is 0 Å². The molecule has 10 heteroatoms. The van der Waals surface area contributed by atoms with Gasteiger partial charge in [0.2, 0.25) is 0 Å². The predicted octanol–water partition coefficient (Wildman–Crippen LogP) is 3.71. The second-order valence-corrected chi connectivity index (χ2v) is 11.1. The number of nitrogens with zero attached hydrogens (tertiary/aromatic N) is 2. The summed E-state index contributed by atoms with van der Waals surface area (Å²) in [5, 5.41) is 23.8. The van der Waals surface area contributed by atoms with E-state index in [0.29, 0.717) is 25.3 Å². The van der Waals surface area contributed by atoms with Crippen LogP contribution in [0.4, 0.5) is 8.78 Å². The van der Waals surface area contributed by atoms with Crippen molar-refractivity contribution in [3.63, 3.8) is 0 Å². The van der Waals surface area contributed by atoms with Crippen molar-refractivity contribution < 1.29 is 33.3 Å². The molecular formula is C31H45F2N3O5. The highest BCUT2D eigenvalue weighted by atomic mass is 19.1. The number of ether oxygens (including phenoxy) is 1. The minimum absolute atomic E-state index is 0.0470. The Bertz CT molecular complexity index is 1110. The second kappa shape index (κ2) is 15.5. The zero-order valence-corrected chi connectivity index (χ0v) is 24.6. The van der Waals surface area contributed by atoms with E-state index in [-0.39, 0.29) is 36.1 Å². The Morgan fingerprint density at radius 3 is 2.51 bits per heavy atom. The lowest BCUT2D eigenvalue weighted by molar-refractivity contribution is 0.0487. The maximum Gasteiger partial charge on any atom is 0.253 e. The van der Waals surface area contributed by atoms with Gasteiger partial charge in [-0.25, -0.2) is 8.78 Å². The summed E-state index contributed by atoms with van der Waals surface area (Å²) in [4.78, 5) is 30.6. The molecule has 0 bridgehead atoms. The van der Waals surface area contributed by atoms with Gasteiger partial charge in [0.15, 0.2) is 6.17 Å². The molecule has 2 aliphatic rings. The SMILES string of the molecule is CCCN(CCC)C(=O)c1cc(C)cc(C(=O)N[C@@H](CC2=CC(F)C(O)C(F)=C2)[C@@H](O)CN2CCC[C@H]2COC)c1. The lowest BCUT2D eigenvalue weighted by Gasteiger charge is -2.31. The Labute approximate surface area is 242 Å². The van der Waals surface area contributed by atoms with Crippen LogP contribution in [0.15, 0.2) is 41.8 Å². The fourth-order valence-corrected chi connectivity index (χ4v) is 5.63.